The van der Waals surface area contributed by atoms with E-state index in [1.807, 2.05) is 50.2 Å². The van der Waals surface area contributed by atoms with Crippen molar-refractivity contribution in [3.63, 3.8) is 0 Å². The summed E-state index contributed by atoms with van der Waals surface area (Å²) in [5.74, 6) is 2.05. The molecule has 2 aromatic carbocycles. The first-order valence-corrected chi connectivity index (χ1v) is 12.0. The highest BCUT2D eigenvalue weighted by atomic mass is 16.5. The van der Waals surface area contributed by atoms with Crippen molar-refractivity contribution in [1.29, 1.82) is 0 Å². The lowest BCUT2D eigenvalue weighted by Gasteiger charge is -2.36. The molecule has 0 radical (unpaired) electrons. The van der Waals surface area contributed by atoms with Crippen LogP contribution in [0.25, 0.3) is 0 Å². The largest absolute Gasteiger partial charge is 0.496 e. The standard InChI is InChI=1S/C28H33N3O4/c1-21(2)35-28(32)25-11-7-13-29-27(25)31-16-14-30(15-17-31)19-22-8-6-10-24(18-22)34-20-23-9-4-5-12-26(23)33-3/h4-13,18,21H,14-17,19-20H2,1-3H3. The number of pyridine rings is 1. The number of hydrogen-bond donors (Lipinski definition) is 0. The maximum atomic E-state index is 12.5. The average molecular weight is 476 g/mol. The normalized spacial score (nSPS) is 14.1. The molecule has 2 heterocycles. The fraction of sp³-hybridized carbons (Fsp3) is 0.357. The van der Waals surface area contributed by atoms with Gasteiger partial charge in [-0.3, -0.25) is 4.90 Å². The molecule has 0 spiro atoms. The Hall–Kier alpha value is -3.58. The van der Waals surface area contributed by atoms with E-state index in [2.05, 4.69) is 26.9 Å². The quantitative estimate of drug-likeness (QED) is 0.421. The van der Waals surface area contributed by atoms with Crippen LogP contribution in [0.15, 0.2) is 66.9 Å². The number of carbonyl (C=O) groups excluding carboxylic acids is 1. The first kappa shape index (κ1) is 24.5. The Morgan fingerprint density at radius 2 is 1.80 bits per heavy atom. The van der Waals surface area contributed by atoms with E-state index in [-0.39, 0.29) is 12.1 Å². The van der Waals surface area contributed by atoms with Crippen LogP contribution >= 0.6 is 0 Å². The van der Waals surface area contributed by atoms with Crippen molar-refractivity contribution in [1.82, 2.24) is 9.88 Å². The van der Waals surface area contributed by atoms with Crippen LogP contribution in [0.2, 0.25) is 0 Å². The van der Waals surface area contributed by atoms with Crippen molar-refractivity contribution in [2.75, 3.05) is 38.2 Å². The molecule has 1 fully saturated rings. The zero-order valence-electron chi connectivity index (χ0n) is 20.6. The van der Waals surface area contributed by atoms with E-state index in [1.165, 1.54) is 5.56 Å². The highest BCUT2D eigenvalue weighted by Gasteiger charge is 2.23. The third-order valence-electron chi connectivity index (χ3n) is 5.91. The monoisotopic (exact) mass is 475 g/mol. The van der Waals surface area contributed by atoms with Crippen LogP contribution in [0, 0.1) is 0 Å². The van der Waals surface area contributed by atoms with Gasteiger partial charge in [-0.15, -0.1) is 0 Å². The third-order valence-corrected chi connectivity index (χ3v) is 5.91. The summed E-state index contributed by atoms with van der Waals surface area (Å²) in [5.41, 5.74) is 2.74. The van der Waals surface area contributed by atoms with Gasteiger partial charge in [-0.05, 0) is 49.7 Å². The fourth-order valence-electron chi connectivity index (χ4n) is 4.18. The maximum absolute atomic E-state index is 12.5. The molecule has 1 aliphatic heterocycles. The fourth-order valence-corrected chi connectivity index (χ4v) is 4.18. The van der Waals surface area contributed by atoms with Crippen molar-refractivity contribution >= 4 is 11.8 Å². The van der Waals surface area contributed by atoms with Gasteiger partial charge in [0.1, 0.15) is 29.5 Å². The number of hydrogen-bond acceptors (Lipinski definition) is 7. The van der Waals surface area contributed by atoms with Crippen molar-refractivity contribution in [2.24, 2.45) is 0 Å². The van der Waals surface area contributed by atoms with E-state index in [1.54, 1.807) is 25.4 Å². The average Bonchev–Trinajstić information content (AvgIpc) is 2.88. The number of rotatable bonds is 9. The second-order valence-electron chi connectivity index (χ2n) is 8.84. The van der Waals surface area contributed by atoms with Crippen LogP contribution in [0.1, 0.15) is 35.3 Å². The molecule has 35 heavy (non-hydrogen) atoms. The van der Waals surface area contributed by atoms with E-state index in [9.17, 15) is 4.79 Å². The van der Waals surface area contributed by atoms with E-state index in [4.69, 9.17) is 14.2 Å². The van der Waals surface area contributed by atoms with Gasteiger partial charge in [0.25, 0.3) is 0 Å². The lowest BCUT2D eigenvalue weighted by atomic mass is 10.1. The summed E-state index contributed by atoms with van der Waals surface area (Å²) < 4.78 is 16.9. The van der Waals surface area contributed by atoms with Crippen molar-refractivity contribution in [3.05, 3.63) is 83.6 Å². The molecule has 0 amide bonds. The minimum atomic E-state index is -0.324. The molecule has 0 saturated carbocycles. The van der Waals surface area contributed by atoms with E-state index in [0.717, 1.165) is 49.8 Å². The molecule has 1 saturated heterocycles. The van der Waals surface area contributed by atoms with Gasteiger partial charge in [-0.1, -0.05) is 30.3 Å². The summed E-state index contributed by atoms with van der Waals surface area (Å²) in [6.45, 7) is 8.34. The second-order valence-corrected chi connectivity index (χ2v) is 8.84. The lowest BCUT2D eigenvalue weighted by molar-refractivity contribution is 0.0378. The SMILES string of the molecule is COc1ccccc1COc1cccc(CN2CCN(c3ncccc3C(=O)OC(C)C)CC2)c1. The van der Waals surface area contributed by atoms with Crippen LogP contribution in [0.4, 0.5) is 5.82 Å². The highest BCUT2D eigenvalue weighted by molar-refractivity contribution is 5.94. The molecule has 0 unspecified atom stereocenters. The van der Waals surface area contributed by atoms with Crippen molar-refractivity contribution in [2.45, 2.75) is 33.1 Å². The minimum absolute atomic E-state index is 0.165. The maximum Gasteiger partial charge on any atom is 0.342 e. The molecular weight excluding hydrogens is 442 g/mol. The van der Waals surface area contributed by atoms with Gasteiger partial charge in [-0.2, -0.15) is 0 Å². The minimum Gasteiger partial charge on any atom is -0.496 e. The van der Waals surface area contributed by atoms with E-state index < -0.39 is 0 Å². The van der Waals surface area contributed by atoms with Crippen molar-refractivity contribution in [3.8, 4) is 11.5 Å². The number of anilines is 1. The topological polar surface area (TPSA) is 64.1 Å². The molecule has 7 heteroatoms. The summed E-state index contributed by atoms with van der Waals surface area (Å²) in [6, 6.07) is 19.7. The predicted molar refractivity (Wildman–Crippen MR) is 136 cm³/mol. The Morgan fingerprint density at radius 3 is 2.57 bits per heavy atom. The number of ether oxygens (including phenoxy) is 3. The number of para-hydroxylation sites is 1. The van der Waals surface area contributed by atoms with E-state index in [0.29, 0.717) is 18.0 Å². The lowest BCUT2D eigenvalue weighted by Crippen LogP contribution is -2.46. The van der Waals surface area contributed by atoms with Gasteiger partial charge >= 0.3 is 5.97 Å². The van der Waals surface area contributed by atoms with Crippen LogP contribution in [0.3, 0.4) is 0 Å². The molecule has 0 bridgehead atoms. The number of benzene rings is 2. The molecule has 3 aromatic rings. The Balaban J connectivity index is 1.33. The summed E-state index contributed by atoms with van der Waals surface area (Å²) in [6.07, 6.45) is 1.56. The van der Waals surface area contributed by atoms with Crippen LogP contribution in [-0.2, 0) is 17.9 Å². The third kappa shape index (κ3) is 6.51. The number of piperazine rings is 1. The molecule has 7 nitrogen and oxygen atoms in total. The van der Waals surface area contributed by atoms with Crippen LogP contribution in [0.5, 0.6) is 11.5 Å². The molecule has 1 aliphatic rings. The first-order valence-electron chi connectivity index (χ1n) is 12.0. The Morgan fingerprint density at radius 1 is 1.00 bits per heavy atom. The smallest absolute Gasteiger partial charge is 0.342 e. The summed E-state index contributed by atoms with van der Waals surface area (Å²) in [5, 5.41) is 0. The second kappa shape index (κ2) is 11.7. The number of esters is 1. The van der Waals surface area contributed by atoms with Crippen LogP contribution < -0.4 is 14.4 Å². The number of carbonyl (C=O) groups is 1. The van der Waals surface area contributed by atoms with E-state index >= 15 is 0 Å². The van der Waals surface area contributed by atoms with Gasteiger partial charge in [0.15, 0.2) is 0 Å². The number of nitrogens with zero attached hydrogens (tertiary/aromatic N) is 3. The van der Waals surface area contributed by atoms with Gasteiger partial charge in [-0.25, -0.2) is 9.78 Å². The molecule has 0 N–H and O–H groups in total. The zero-order valence-corrected chi connectivity index (χ0v) is 20.6. The Labute approximate surface area is 207 Å². The van der Waals surface area contributed by atoms with Gasteiger partial charge < -0.3 is 19.1 Å². The number of aromatic nitrogens is 1. The van der Waals surface area contributed by atoms with Gasteiger partial charge in [0.2, 0.25) is 0 Å². The molecule has 0 atom stereocenters. The Bertz CT molecular complexity index is 1130. The van der Waals surface area contributed by atoms with Gasteiger partial charge in [0, 0.05) is 44.5 Å². The van der Waals surface area contributed by atoms with Crippen LogP contribution in [-0.4, -0.2) is 55.2 Å². The summed E-state index contributed by atoms with van der Waals surface area (Å²) >= 11 is 0. The molecular formula is C28H33N3O4. The summed E-state index contributed by atoms with van der Waals surface area (Å²) in [4.78, 5) is 21.6. The Kier molecular flexibility index (Phi) is 8.21. The summed E-state index contributed by atoms with van der Waals surface area (Å²) in [7, 11) is 1.67. The highest BCUT2D eigenvalue weighted by Crippen LogP contribution is 2.23. The molecule has 184 valence electrons. The molecule has 1 aromatic heterocycles. The molecule has 0 aliphatic carbocycles. The van der Waals surface area contributed by atoms with Crippen molar-refractivity contribution < 1.29 is 19.0 Å². The first-order chi connectivity index (χ1) is 17.0. The molecule has 4 rings (SSSR count). The predicted octanol–water partition coefficient (Wildman–Crippen LogP) is 4.56. The zero-order chi connectivity index (χ0) is 24.6. The number of methoxy groups -OCH3 is 1. The van der Waals surface area contributed by atoms with Gasteiger partial charge in [0.05, 0.1) is 13.2 Å².